The summed E-state index contributed by atoms with van der Waals surface area (Å²) in [5.74, 6) is 0.700. The highest BCUT2D eigenvalue weighted by Crippen LogP contribution is 2.27. The Balaban J connectivity index is 2.10. The van der Waals surface area contributed by atoms with Crippen LogP contribution in [0.25, 0.3) is 0 Å². The van der Waals surface area contributed by atoms with Gasteiger partial charge in [0.25, 0.3) is 0 Å². The predicted octanol–water partition coefficient (Wildman–Crippen LogP) is 5.87. The molecule has 0 unspecified atom stereocenters. The van der Waals surface area contributed by atoms with Crippen LogP contribution in [-0.2, 0) is 21.9 Å². The molecule has 7 heteroatoms. The zero-order valence-corrected chi connectivity index (χ0v) is 20.6. The molecule has 168 valence electrons. The van der Waals surface area contributed by atoms with Gasteiger partial charge < -0.3 is 10.2 Å². The van der Waals surface area contributed by atoms with Crippen LogP contribution in [-0.4, -0.2) is 35.1 Å². The van der Waals surface area contributed by atoms with E-state index in [2.05, 4.69) is 36.5 Å². The van der Waals surface area contributed by atoms with Crippen molar-refractivity contribution in [2.24, 2.45) is 0 Å². The largest absolute Gasteiger partial charge is 0.354 e. The van der Waals surface area contributed by atoms with Gasteiger partial charge >= 0.3 is 0 Å². The smallest absolute Gasteiger partial charge is 0.242 e. The Morgan fingerprint density at radius 3 is 2.35 bits per heavy atom. The predicted molar refractivity (Wildman–Crippen MR) is 132 cm³/mol. The van der Waals surface area contributed by atoms with Gasteiger partial charge in [0, 0.05) is 34.5 Å². The van der Waals surface area contributed by atoms with Crippen molar-refractivity contribution in [2.45, 2.75) is 52.0 Å². The third kappa shape index (κ3) is 8.06. The molecule has 0 aliphatic heterocycles. The Morgan fingerprint density at radius 1 is 1.10 bits per heavy atom. The summed E-state index contributed by atoms with van der Waals surface area (Å²) < 4.78 is 0. The summed E-state index contributed by atoms with van der Waals surface area (Å²) in [6.45, 7) is 6.64. The zero-order chi connectivity index (χ0) is 22.8. The molecule has 2 rings (SSSR count). The van der Waals surface area contributed by atoms with Gasteiger partial charge in [0.1, 0.15) is 6.04 Å². The number of rotatable bonds is 11. The second-order valence-corrected chi connectivity index (χ2v) is 9.32. The summed E-state index contributed by atoms with van der Waals surface area (Å²) >= 11 is 14.2. The summed E-state index contributed by atoms with van der Waals surface area (Å²) in [7, 11) is 0. The highest BCUT2D eigenvalue weighted by Gasteiger charge is 2.27. The first-order valence-corrected chi connectivity index (χ1v) is 12.4. The molecule has 0 aliphatic rings. The van der Waals surface area contributed by atoms with E-state index in [1.807, 2.05) is 6.92 Å². The van der Waals surface area contributed by atoms with Gasteiger partial charge in [-0.1, -0.05) is 72.4 Å². The van der Waals surface area contributed by atoms with E-state index in [9.17, 15) is 9.59 Å². The van der Waals surface area contributed by atoms with Crippen molar-refractivity contribution in [3.8, 4) is 0 Å². The monoisotopic (exact) mass is 480 g/mol. The first-order chi connectivity index (χ1) is 14.8. The third-order valence-corrected chi connectivity index (χ3v) is 6.70. The van der Waals surface area contributed by atoms with E-state index < -0.39 is 6.04 Å². The molecule has 0 fully saturated rings. The van der Waals surface area contributed by atoms with Crippen molar-refractivity contribution in [1.82, 2.24) is 10.2 Å². The molecule has 4 nitrogen and oxygen atoms in total. The maximum Gasteiger partial charge on any atom is 0.242 e. The van der Waals surface area contributed by atoms with Crippen LogP contribution in [0.4, 0.5) is 0 Å². The summed E-state index contributed by atoms with van der Waals surface area (Å²) in [5.41, 5.74) is 3.01. The number of halogens is 2. The average Bonchev–Trinajstić information content (AvgIpc) is 2.74. The number of carbonyl (C=O) groups is 2. The van der Waals surface area contributed by atoms with Crippen molar-refractivity contribution >= 4 is 46.8 Å². The Bertz CT molecular complexity index is 854. The van der Waals surface area contributed by atoms with Crippen molar-refractivity contribution in [1.29, 1.82) is 0 Å². The molecule has 0 aromatic heterocycles. The SMILES string of the molecule is CCCCNC(=O)[C@H](C)N(Cc1c(Cl)cccc1Cl)C(=O)CSCc1ccc(C)cc1. The van der Waals surface area contributed by atoms with Crippen molar-refractivity contribution < 1.29 is 9.59 Å². The highest BCUT2D eigenvalue weighted by molar-refractivity contribution is 7.99. The zero-order valence-electron chi connectivity index (χ0n) is 18.3. The fourth-order valence-electron chi connectivity index (χ4n) is 3.00. The minimum absolute atomic E-state index is 0.119. The molecular weight excluding hydrogens is 451 g/mol. The van der Waals surface area contributed by atoms with Crippen molar-refractivity contribution in [3.05, 3.63) is 69.2 Å². The van der Waals surface area contributed by atoms with Crippen LogP contribution in [0.3, 0.4) is 0 Å². The number of benzene rings is 2. The maximum absolute atomic E-state index is 13.1. The highest BCUT2D eigenvalue weighted by atomic mass is 35.5. The van der Waals surface area contributed by atoms with Crippen LogP contribution >= 0.6 is 35.0 Å². The molecule has 2 aromatic carbocycles. The average molecular weight is 481 g/mol. The molecule has 0 spiro atoms. The van der Waals surface area contributed by atoms with E-state index in [1.165, 1.54) is 17.3 Å². The quantitative estimate of drug-likeness (QED) is 0.409. The van der Waals surface area contributed by atoms with Crippen LogP contribution in [0.15, 0.2) is 42.5 Å². The fourth-order valence-corrected chi connectivity index (χ4v) is 4.38. The minimum atomic E-state index is -0.628. The normalized spacial score (nSPS) is 11.8. The Kier molecular flexibility index (Phi) is 10.7. The van der Waals surface area contributed by atoms with Gasteiger partial charge in [-0.3, -0.25) is 9.59 Å². The lowest BCUT2D eigenvalue weighted by Gasteiger charge is -2.29. The molecule has 2 amide bonds. The van der Waals surface area contributed by atoms with Gasteiger partial charge in [0.15, 0.2) is 0 Å². The Labute approximate surface area is 199 Å². The molecular formula is C24H30Cl2N2O2S. The summed E-state index contributed by atoms with van der Waals surface area (Å²) in [6.07, 6.45) is 1.89. The van der Waals surface area contributed by atoms with E-state index in [0.29, 0.717) is 22.2 Å². The third-order valence-electron chi connectivity index (χ3n) is 5.00. The van der Waals surface area contributed by atoms with Crippen LogP contribution in [0, 0.1) is 6.92 Å². The van der Waals surface area contributed by atoms with E-state index >= 15 is 0 Å². The first-order valence-electron chi connectivity index (χ1n) is 10.5. The molecule has 0 radical (unpaired) electrons. The maximum atomic E-state index is 13.1. The fraction of sp³-hybridized carbons (Fsp3) is 0.417. The number of aryl methyl sites for hydroxylation is 1. The van der Waals surface area contributed by atoms with Gasteiger partial charge in [0.05, 0.1) is 5.75 Å². The lowest BCUT2D eigenvalue weighted by Crippen LogP contribution is -2.48. The molecule has 0 saturated heterocycles. The van der Waals surface area contributed by atoms with Crippen LogP contribution in [0.1, 0.15) is 43.4 Å². The second kappa shape index (κ2) is 13.0. The number of hydrogen-bond donors (Lipinski definition) is 1. The van der Waals surface area contributed by atoms with Crippen LogP contribution in [0.5, 0.6) is 0 Å². The summed E-state index contributed by atoms with van der Waals surface area (Å²) in [5, 5.41) is 3.88. The number of carbonyl (C=O) groups excluding carboxylic acids is 2. The van der Waals surface area contributed by atoms with E-state index in [-0.39, 0.29) is 24.1 Å². The topological polar surface area (TPSA) is 49.4 Å². The molecule has 1 N–H and O–H groups in total. The molecule has 0 saturated carbocycles. The molecule has 31 heavy (non-hydrogen) atoms. The van der Waals surface area contributed by atoms with Crippen LogP contribution < -0.4 is 5.32 Å². The van der Waals surface area contributed by atoms with Crippen molar-refractivity contribution in [3.63, 3.8) is 0 Å². The van der Waals surface area contributed by atoms with E-state index in [0.717, 1.165) is 24.2 Å². The standard InChI is InChI=1S/C24H30Cl2N2O2S/c1-4-5-13-27-24(30)18(3)28(14-20-21(25)7-6-8-22(20)26)23(29)16-31-15-19-11-9-17(2)10-12-19/h6-12,18H,4-5,13-16H2,1-3H3,(H,27,30)/t18-/m0/s1. The van der Waals surface area contributed by atoms with Gasteiger partial charge in [-0.25, -0.2) is 0 Å². The number of nitrogens with zero attached hydrogens (tertiary/aromatic N) is 1. The molecule has 2 aromatic rings. The molecule has 0 aliphatic carbocycles. The van der Waals surface area contributed by atoms with Gasteiger partial charge in [0.2, 0.25) is 11.8 Å². The van der Waals surface area contributed by atoms with Gasteiger partial charge in [-0.15, -0.1) is 11.8 Å². The Hall–Kier alpha value is -1.69. The first kappa shape index (κ1) is 25.6. The number of hydrogen-bond acceptors (Lipinski definition) is 3. The lowest BCUT2D eigenvalue weighted by atomic mass is 10.1. The van der Waals surface area contributed by atoms with Gasteiger partial charge in [-0.2, -0.15) is 0 Å². The van der Waals surface area contributed by atoms with E-state index in [1.54, 1.807) is 30.0 Å². The second-order valence-electron chi connectivity index (χ2n) is 7.52. The molecule has 1 atom stereocenters. The Morgan fingerprint density at radius 2 is 1.74 bits per heavy atom. The number of amides is 2. The molecule has 0 heterocycles. The number of nitrogens with one attached hydrogen (secondary N) is 1. The van der Waals surface area contributed by atoms with E-state index in [4.69, 9.17) is 23.2 Å². The lowest BCUT2D eigenvalue weighted by molar-refractivity contribution is -0.138. The number of thioether (sulfide) groups is 1. The summed E-state index contributed by atoms with van der Waals surface area (Å²) in [4.78, 5) is 27.4. The number of unbranched alkanes of at least 4 members (excludes halogenated alkanes) is 1. The molecule has 0 bridgehead atoms. The van der Waals surface area contributed by atoms with Gasteiger partial charge in [-0.05, 0) is 38.0 Å². The minimum Gasteiger partial charge on any atom is -0.354 e. The summed E-state index contributed by atoms with van der Waals surface area (Å²) in [6, 6.07) is 12.9. The van der Waals surface area contributed by atoms with Crippen LogP contribution in [0.2, 0.25) is 10.0 Å². The van der Waals surface area contributed by atoms with Crippen molar-refractivity contribution in [2.75, 3.05) is 12.3 Å².